The molecule has 0 aromatic rings. The quantitative estimate of drug-likeness (QED) is 0.293. The Hall–Kier alpha value is 0.759. The summed E-state index contributed by atoms with van der Waals surface area (Å²) >= 11 is 9.41. The molecule has 0 aliphatic carbocycles. The number of rotatable bonds is 9. The third kappa shape index (κ3) is 11.3. The van der Waals surface area contributed by atoms with E-state index in [1.807, 2.05) is 0 Å². The Morgan fingerprint density at radius 3 is 1.81 bits per heavy atom. The van der Waals surface area contributed by atoms with Crippen LogP contribution in [0.2, 0.25) is 0 Å². The Morgan fingerprint density at radius 2 is 1.38 bits per heavy atom. The van der Waals surface area contributed by atoms with Crippen molar-refractivity contribution in [1.29, 1.82) is 0 Å². The summed E-state index contributed by atoms with van der Waals surface area (Å²) in [5.74, 6) is 0. The predicted molar refractivity (Wildman–Crippen MR) is 76.8 cm³/mol. The first-order valence-electron chi connectivity index (χ1n) is 6.20. The molecule has 0 saturated carbocycles. The molecule has 101 valence electrons. The molecule has 0 amide bonds. The van der Waals surface area contributed by atoms with Gasteiger partial charge >= 0.3 is 0 Å². The smallest absolute Gasteiger partial charge is 0.133 e. The van der Waals surface area contributed by atoms with Crippen molar-refractivity contribution in [2.75, 3.05) is 13.1 Å². The maximum Gasteiger partial charge on any atom is 0.133 e. The number of thiol groups is 1. The molecule has 0 saturated heterocycles. The van der Waals surface area contributed by atoms with Crippen molar-refractivity contribution in [3.8, 4) is 0 Å². The third-order valence-electron chi connectivity index (χ3n) is 2.58. The molecule has 1 nitrogen and oxygen atoms in total. The van der Waals surface area contributed by atoms with Gasteiger partial charge in [0.05, 0.1) is 0 Å². The van der Waals surface area contributed by atoms with E-state index in [2.05, 4.69) is 31.4 Å². The molecular formula is C12H25CuNS2. The standard InChI is InChI=1S/C12H25NS2.Cu/c1-3-5-7-9-11-13(12(14)15)10-8-6-4-2;/h3-11H2,1-2H3,(H,14,15);. The second kappa shape index (κ2) is 13.8. The second-order valence-electron chi connectivity index (χ2n) is 4.04. The van der Waals surface area contributed by atoms with Gasteiger partial charge in [0, 0.05) is 30.2 Å². The van der Waals surface area contributed by atoms with Crippen molar-refractivity contribution in [3.05, 3.63) is 0 Å². The molecule has 0 spiro atoms. The van der Waals surface area contributed by atoms with Crippen molar-refractivity contribution >= 4 is 29.2 Å². The van der Waals surface area contributed by atoms with Crippen molar-refractivity contribution < 1.29 is 17.1 Å². The first-order valence-corrected chi connectivity index (χ1v) is 7.05. The molecule has 0 fully saturated rings. The molecule has 4 heteroatoms. The van der Waals surface area contributed by atoms with Gasteiger partial charge in [0.2, 0.25) is 0 Å². The summed E-state index contributed by atoms with van der Waals surface area (Å²) in [5, 5.41) is 0. The summed E-state index contributed by atoms with van der Waals surface area (Å²) in [6, 6.07) is 0. The Morgan fingerprint density at radius 1 is 0.938 bits per heavy atom. The van der Waals surface area contributed by atoms with Crippen LogP contribution in [0.3, 0.4) is 0 Å². The fraction of sp³-hybridized carbons (Fsp3) is 0.917. The maximum atomic E-state index is 5.13. The summed E-state index contributed by atoms with van der Waals surface area (Å²) in [5.41, 5.74) is 0. The van der Waals surface area contributed by atoms with Gasteiger partial charge in [-0.15, -0.1) is 12.6 Å². The minimum Gasteiger partial charge on any atom is -0.358 e. The third-order valence-corrected chi connectivity index (χ3v) is 3.12. The van der Waals surface area contributed by atoms with Crippen LogP contribution in [0, 0.1) is 0 Å². The number of thiocarbonyl (C=S) groups is 1. The summed E-state index contributed by atoms with van der Waals surface area (Å²) in [6.45, 7) is 6.64. The number of unbranched alkanes of at least 4 members (excludes halogenated alkanes) is 5. The zero-order chi connectivity index (χ0) is 11.5. The van der Waals surface area contributed by atoms with E-state index in [9.17, 15) is 0 Å². The molecule has 0 aliphatic rings. The van der Waals surface area contributed by atoms with E-state index in [0.717, 1.165) is 17.4 Å². The van der Waals surface area contributed by atoms with Crippen molar-refractivity contribution in [2.24, 2.45) is 0 Å². The number of hydrogen-bond acceptors (Lipinski definition) is 1. The van der Waals surface area contributed by atoms with Gasteiger partial charge < -0.3 is 4.90 Å². The van der Waals surface area contributed by atoms with E-state index >= 15 is 0 Å². The summed E-state index contributed by atoms with van der Waals surface area (Å²) < 4.78 is 0.766. The van der Waals surface area contributed by atoms with Gasteiger partial charge in [-0.25, -0.2) is 0 Å². The van der Waals surface area contributed by atoms with Gasteiger partial charge in [-0.1, -0.05) is 58.2 Å². The first kappa shape index (κ1) is 19.1. The van der Waals surface area contributed by atoms with E-state index in [4.69, 9.17) is 12.2 Å². The molecule has 16 heavy (non-hydrogen) atoms. The minimum absolute atomic E-state index is 0. The van der Waals surface area contributed by atoms with Crippen molar-refractivity contribution in [2.45, 2.75) is 58.8 Å². The summed E-state index contributed by atoms with van der Waals surface area (Å²) in [7, 11) is 0. The van der Waals surface area contributed by atoms with Gasteiger partial charge in [-0.05, 0) is 12.8 Å². The van der Waals surface area contributed by atoms with Crippen LogP contribution in [0.15, 0.2) is 0 Å². The average molecular weight is 311 g/mol. The van der Waals surface area contributed by atoms with E-state index in [1.165, 1.54) is 44.9 Å². The van der Waals surface area contributed by atoms with Gasteiger partial charge in [0.25, 0.3) is 0 Å². The molecule has 0 N–H and O–H groups in total. The Balaban J connectivity index is 0. The molecule has 0 aliphatic heterocycles. The molecule has 1 radical (unpaired) electrons. The molecule has 0 aromatic carbocycles. The zero-order valence-corrected chi connectivity index (χ0v) is 13.1. The number of hydrogen-bond donors (Lipinski definition) is 1. The summed E-state index contributed by atoms with van der Waals surface area (Å²) in [4.78, 5) is 2.24. The molecule has 0 unspecified atom stereocenters. The zero-order valence-electron chi connectivity index (χ0n) is 10.5. The fourth-order valence-electron chi connectivity index (χ4n) is 1.59. The number of nitrogens with zero attached hydrogens (tertiary/aromatic N) is 1. The van der Waals surface area contributed by atoms with E-state index < -0.39 is 0 Å². The van der Waals surface area contributed by atoms with Gasteiger partial charge in [-0.3, -0.25) is 0 Å². The van der Waals surface area contributed by atoms with Gasteiger partial charge in [0.1, 0.15) is 4.32 Å². The van der Waals surface area contributed by atoms with E-state index in [-0.39, 0.29) is 17.1 Å². The van der Waals surface area contributed by atoms with Crippen LogP contribution >= 0.6 is 24.8 Å². The second-order valence-corrected chi connectivity index (χ2v) is 5.15. The molecule has 0 rings (SSSR count). The maximum absolute atomic E-state index is 5.13. The topological polar surface area (TPSA) is 3.24 Å². The molecule has 0 atom stereocenters. The molecule has 0 aromatic heterocycles. The van der Waals surface area contributed by atoms with E-state index in [0.29, 0.717) is 0 Å². The predicted octanol–water partition coefficient (Wildman–Crippen LogP) is 4.27. The molecule has 0 bridgehead atoms. The van der Waals surface area contributed by atoms with E-state index in [1.54, 1.807) is 0 Å². The Bertz CT molecular complexity index is 165. The van der Waals surface area contributed by atoms with Crippen LogP contribution in [0.25, 0.3) is 0 Å². The molecule has 0 heterocycles. The minimum atomic E-state index is 0. The van der Waals surface area contributed by atoms with Gasteiger partial charge in [-0.2, -0.15) is 0 Å². The molecular weight excluding hydrogens is 286 g/mol. The van der Waals surface area contributed by atoms with Crippen LogP contribution in [-0.4, -0.2) is 22.3 Å². The fourth-order valence-corrected chi connectivity index (χ4v) is 1.97. The average Bonchev–Trinajstić information content (AvgIpc) is 2.21. The van der Waals surface area contributed by atoms with Crippen LogP contribution in [0.4, 0.5) is 0 Å². The Kier molecular flexibility index (Phi) is 16.5. The van der Waals surface area contributed by atoms with Gasteiger partial charge in [0.15, 0.2) is 0 Å². The van der Waals surface area contributed by atoms with Crippen molar-refractivity contribution in [1.82, 2.24) is 4.90 Å². The SMILES string of the molecule is CCCCCCN(CCCCC)C(=S)S.[Cu]. The van der Waals surface area contributed by atoms with Crippen LogP contribution in [-0.2, 0) is 17.1 Å². The Labute approximate surface area is 123 Å². The normalized spacial score (nSPS) is 9.69. The van der Waals surface area contributed by atoms with Crippen molar-refractivity contribution in [3.63, 3.8) is 0 Å². The summed E-state index contributed by atoms with van der Waals surface area (Å²) in [6.07, 6.45) is 9.00. The van der Waals surface area contributed by atoms with Crippen LogP contribution in [0.5, 0.6) is 0 Å². The monoisotopic (exact) mass is 310 g/mol. The first-order chi connectivity index (χ1) is 7.22. The van der Waals surface area contributed by atoms with Crippen LogP contribution < -0.4 is 0 Å². The van der Waals surface area contributed by atoms with Crippen LogP contribution in [0.1, 0.15) is 58.8 Å². The largest absolute Gasteiger partial charge is 0.358 e.